The first-order chi connectivity index (χ1) is 12.7. The molecule has 0 unspecified atom stereocenters. The third-order valence-electron chi connectivity index (χ3n) is 3.68. The summed E-state index contributed by atoms with van der Waals surface area (Å²) >= 11 is 0. The molecule has 2 aromatic carbocycles. The van der Waals surface area contributed by atoms with Crippen molar-refractivity contribution in [3.05, 3.63) is 59.2 Å². The number of methoxy groups -OCH3 is 1. The van der Waals surface area contributed by atoms with Crippen molar-refractivity contribution in [2.24, 2.45) is 5.10 Å². The van der Waals surface area contributed by atoms with E-state index in [4.69, 9.17) is 4.74 Å². The minimum atomic E-state index is -3.63. The fraction of sp³-hybridized carbons (Fsp3) is 0.263. The quantitative estimate of drug-likeness (QED) is 0.581. The molecule has 0 heterocycles. The summed E-state index contributed by atoms with van der Waals surface area (Å²) in [5.41, 5.74) is 5.36. The van der Waals surface area contributed by atoms with Gasteiger partial charge in [-0.25, -0.2) is 13.8 Å². The summed E-state index contributed by atoms with van der Waals surface area (Å²) in [7, 11) is -2.07. The van der Waals surface area contributed by atoms with Gasteiger partial charge in [0.05, 0.1) is 25.3 Å². The largest absolute Gasteiger partial charge is 0.497 e. The number of anilines is 1. The molecule has 1 N–H and O–H groups in total. The van der Waals surface area contributed by atoms with Gasteiger partial charge >= 0.3 is 0 Å². The molecular formula is C19H23N3O4S. The smallest absolute Gasteiger partial charge is 0.260 e. The lowest BCUT2D eigenvalue weighted by molar-refractivity contribution is -0.119. The zero-order valence-corrected chi connectivity index (χ0v) is 16.6. The zero-order chi connectivity index (χ0) is 20.0. The van der Waals surface area contributed by atoms with Gasteiger partial charge in [-0.05, 0) is 54.8 Å². The van der Waals surface area contributed by atoms with Crippen molar-refractivity contribution >= 4 is 27.8 Å². The maximum atomic E-state index is 12.2. The molecule has 0 aliphatic carbocycles. The van der Waals surface area contributed by atoms with Gasteiger partial charge in [0.25, 0.3) is 5.91 Å². The Balaban J connectivity index is 2.11. The van der Waals surface area contributed by atoms with E-state index in [0.717, 1.165) is 27.3 Å². The van der Waals surface area contributed by atoms with Crippen LogP contribution in [0.2, 0.25) is 0 Å². The fourth-order valence-corrected chi connectivity index (χ4v) is 3.40. The van der Waals surface area contributed by atoms with Gasteiger partial charge in [0, 0.05) is 0 Å². The van der Waals surface area contributed by atoms with Gasteiger partial charge in [-0.3, -0.25) is 9.10 Å². The Morgan fingerprint density at radius 2 is 1.85 bits per heavy atom. The van der Waals surface area contributed by atoms with Crippen LogP contribution < -0.4 is 14.5 Å². The number of sulfonamides is 1. The number of hydrogen-bond acceptors (Lipinski definition) is 5. The Morgan fingerprint density at radius 3 is 2.44 bits per heavy atom. The van der Waals surface area contributed by atoms with E-state index in [0.29, 0.717) is 11.4 Å². The lowest BCUT2D eigenvalue weighted by Gasteiger charge is -2.22. The van der Waals surface area contributed by atoms with Crippen molar-refractivity contribution in [3.63, 3.8) is 0 Å². The average Bonchev–Trinajstić information content (AvgIpc) is 2.58. The number of ether oxygens (including phenoxy) is 1. The second kappa shape index (κ2) is 8.68. The van der Waals surface area contributed by atoms with E-state index in [2.05, 4.69) is 10.5 Å². The highest BCUT2D eigenvalue weighted by molar-refractivity contribution is 7.92. The van der Waals surface area contributed by atoms with E-state index < -0.39 is 15.9 Å². The average molecular weight is 389 g/mol. The molecule has 144 valence electrons. The van der Waals surface area contributed by atoms with Gasteiger partial charge in [-0.15, -0.1) is 0 Å². The number of hydrazone groups is 1. The minimum Gasteiger partial charge on any atom is -0.497 e. The summed E-state index contributed by atoms with van der Waals surface area (Å²) in [6, 6.07) is 12.5. The molecule has 1 amide bonds. The highest BCUT2D eigenvalue weighted by Gasteiger charge is 2.21. The Hall–Kier alpha value is -2.87. The van der Waals surface area contributed by atoms with Crippen molar-refractivity contribution in [1.82, 2.24) is 5.43 Å². The van der Waals surface area contributed by atoms with Crippen LogP contribution in [0.3, 0.4) is 0 Å². The molecule has 0 bridgehead atoms. The number of nitrogens with one attached hydrogen (secondary N) is 1. The van der Waals surface area contributed by atoms with Crippen LogP contribution in [0.15, 0.2) is 47.6 Å². The summed E-state index contributed by atoms with van der Waals surface area (Å²) in [4.78, 5) is 12.2. The summed E-state index contributed by atoms with van der Waals surface area (Å²) in [5.74, 6) is 0.127. The van der Waals surface area contributed by atoms with Crippen molar-refractivity contribution in [1.29, 1.82) is 0 Å². The lowest BCUT2D eigenvalue weighted by atomic mass is 10.1. The first-order valence-corrected chi connectivity index (χ1v) is 10.1. The van der Waals surface area contributed by atoms with Gasteiger partial charge in [0.2, 0.25) is 10.0 Å². The third kappa shape index (κ3) is 6.10. The standard InChI is InChI=1S/C19H23N3O4S/c1-14-8-15(2)10-17(9-14)22(27(4,24)25)13-19(23)21-20-12-16-6-5-7-18(11-16)26-3/h5-12H,13H2,1-4H3,(H,21,23)/b20-12-. The van der Waals surface area contributed by atoms with Crippen molar-refractivity contribution in [3.8, 4) is 5.75 Å². The second-order valence-corrected chi connectivity index (χ2v) is 8.09. The maximum absolute atomic E-state index is 12.2. The number of amides is 1. The Bertz CT molecular complexity index is 935. The molecule has 2 aromatic rings. The van der Waals surface area contributed by atoms with Gasteiger partial charge < -0.3 is 4.74 Å². The van der Waals surface area contributed by atoms with E-state index in [9.17, 15) is 13.2 Å². The highest BCUT2D eigenvalue weighted by Crippen LogP contribution is 2.21. The maximum Gasteiger partial charge on any atom is 0.260 e. The monoisotopic (exact) mass is 389 g/mol. The predicted octanol–water partition coefficient (Wildman–Crippen LogP) is 2.23. The van der Waals surface area contributed by atoms with Crippen LogP contribution >= 0.6 is 0 Å². The summed E-state index contributed by atoms with van der Waals surface area (Å²) in [6.45, 7) is 3.38. The first kappa shape index (κ1) is 20.4. The van der Waals surface area contributed by atoms with Crippen LogP contribution in [-0.2, 0) is 14.8 Å². The number of carbonyl (C=O) groups is 1. The zero-order valence-electron chi connectivity index (χ0n) is 15.8. The Labute approximate surface area is 159 Å². The predicted molar refractivity (Wildman–Crippen MR) is 107 cm³/mol. The van der Waals surface area contributed by atoms with Crippen molar-refractivity contribution in [2.75, 3.05) is 24.2 Å². The van der Waals surface area contributed by atoms with E-state index >= 15 is 0 Å². The molecule has 0 aliphatic heterocycles. The first-order valence-electron chi connectivity index (χ1n) is 8.21. The van der Waals surface area contributed by atoms with E-state index in [1.807, 2.05) is 19.9 Å². The molecule has 0 saturated heterocycles. The summed E-state index contributed by atoms with van der Waals surface area (Å²) in [5, 5.41) is 3.88. The molecule has 27 heavy (non-hydrogen) atoms. The molecule has 0 atom stereocenters. The Kier molecular flexibility index (Phi) is 6.57. The number of benzene rings is 2. The fourth-order valence-electron chi connectivity index (χ4n) is 2.56. The number of carbonyl (C=O) groups excluding carboxylic acids is 1. The molecule has 7 nitrogen and oxygen atoms in total. The van der Waals surface area contributed by atoms with Gasteiger partial charge in [0.15, 0.2) is 0 Å². The molecule has 0 fully saturated rings. The molecule has 0 radical (unpaired) electrons. The molecule has 0 spiro atoms. The summed E-state index contributed by atoms with van der Waals surface area (Å²) in [6.07, 6.45) is 2.53. The molecule has 0 saturated carbocycles. The van der Waals surface area contributed by atoms with Crippen LogP contribution in [0.4, 0.5) is 5.69 Å². The number of aryl methyl sites for hydroxylation is 2. The van der Waals surface area contributed by atoms with Crippen molar-refractivity contribution < 1.29 is 17.9 Å². The lowest BCUT2D eigenvalue weighted by Crippen LogP contribution is -2.39. The summed E-state index contributed by atoms with van der Waals surface area (Å²) < 4.78 is 30.5. The number of nitrogens with zero attached hydrogens (tertiary/aromatic N) is 2. The van der Waals surface area contributed by atoms with Crippen molar-refractivity contribution in [2.45, 2.75) is 13.8 Å². The van der Waals surface area contributed by atoms with E-state index in [1.54, 1.807) is 43.5 Å². The van der Waals surface area contributed by atoms with Crippen LogP contribution in [0.1, 0.15) is 16.7 Å². The van der Waals surface area contributed by atoms with Crippen LogP contribution in [0, 0.1) is 13.8 Å². The number of rotatable bonds is 7. The minimum absolute atomic E-state index is 0.364. The molecule has 0 aromatic heterocycles. The second-order valence-electron chi connectivity index (χ2n) is 6.19. The van der Waals surface area contributed by atoms with Gasteiger partial charge in [0.1, 0.15) is 12.3 Å². The topological polar surface area (TPSA) is 88.1 Å². The van der Waals surface area contributed by atoms with Crippen LogP contribution in [0.5, 0.6) is 5.75 Å². The SMILES string of the molecule is COc1cccc(/C=N\NC(=O)CN(c2cc(C)cc(C)c2)S(C)(=O)=O)c1. The molecule has 2 rings (SSSR count). The molecule has 0 aliphatic rings. The highest BCUT2D eigenvalue weighted by atomic mass is 32.2. The molecule has 8 heteroatoms. The van der Waals surface area contributed by atoms with Gasteiger partial charge in [-0.1, -0.05) is 18.2 Å². The van der Waals surface area contributed by atoms with E-state index in [-0.39, 0.29) is 6.54 Å². The Morgan fingerprint density at radius 1 is 1.19 bits per heavy atom. The van der Waals surface area contributed by atoms with E-state index in [1.165, 1.54) is 6.21 Å². The van der Waals surface area contributed by atoms with Crippen LogP contribution in [0.25, 0.3) is 0 Å². The van der Waals surface area contributed by atoms with Crippen LogP contribution in [-0.4, -0.2) is 40.4 Å². The third-order valence-corrected chi connectivity index (χ3v) is 4.82. The number of hydrogen-bond donors (Lipinski definition) is 1. The molecular weight excluding hydrogens is 366 g/mol. The van der Waals surface area contributed by atoms with Gasteiger partial charge in [-0.2, -0.15) is 5.10 Å². The normalized spacial score (nSPS) is 11.4.